The molecule has 3 saturated heterocycles. The van der Waals surface area contributed by atoms with E-state index in [0.29, 0.717) is 31.8 Å². The third-order valence-electron chi connectivity index (χ3n) is 16.0. The molecule has 5 N–H and O–H groups in total. The van der Waals surface area contributed by atoms with Gasteiger partial charge in [0, 0.05) is 75.7 Å². The number of aryl methyl sites for hydroxylation is 2. The Balaban J connectivity index is 1.26. The summed E-state index contributed by atoms with van der Waals surface area (Å²) in [4.78, 5) is 31.0. The lowest BCUT2D eigenvalue weighted by molar-refractivity contribution is -0.305. The maximum atomic E-state index is 14.6. The quantitative estimate of drug-likeness (QED) is 0.145. The molecule has 6 rings (SSSR count). The summed E-state index contributed by atoms with van der Waals surface area (Å²) in [6.45, 7) is 18.6. The summed E-state index contributed by atoms with van der Waals surface area (Å²) in [5, 5.41) is 69.9. The lowest BCUT2D eigenvalue weighted by Crippen LogP contribution is -2.62. The number of tetrazole rings is 1. The molecule has 1 aromatic carbocycles. The molecule has 0 bridgehead atoms. The number of aliphatic hydroxyl groups is 4. The van der Waals surface area contributed by atoms with Crippen molar-refractivity contribution in [2.75, 3.05) is 27.8 Å². The van der Waals surface area contributed by atoms with Crippen LogP contribution >= 0.6 is 0 Å². The van der Waals surface area contributed by atoms with E-state index >= 15 is 0 Å². The monoisotopic (exact) mass is 985 g/mol. The fraction of sp³-hybridized carbons (Fsp3) is 0.780. The standard InChI is InChI=1S/C50H80N8O12/c1-14-38-50(10,64)42(61)31(6)40(59)27(2)24-49(9,66-13)44(29(4)39(30(5)46(63)69-38)37-25-48(8,65-12)43(62)32(7)68-37)70-47-41(60)36(23-28(3)67-47)57(11)21-20-35-26-58(56-51-35)22-19-33-15-17-34(18-16-33)45-52-54-55-53-45/h15-18,26-32,36-39,41-44,47,60-62,64H,14,19-25H2,1-13H3,(H,52,53,54,55)/t27-,28-,29+,30-,31+,32+,36+,37-,38-,39?,41-,42-,43+,44-,47+,48-,49-,50-/m1/s1. The van der Waals surface area contributed by atoms with Crippen molar-refractivity contribution in [1.29, 1.82) is 0 Å². The first-order chi connectivity index (χ1) is 33.0. The van der Waals surface area contributed by atoms with Crippen molar-refractivity contribution in [3.63, 3.8) is 0 Å². The second kappa shape index (κ2) is 22.9. The molecule has 3 aliphatic heterocycles. The Morgan fingerprint density at radius 3 is 2.21 bits per heavy atom. The van der Waals surface area contributed by atoms with Gasteiger partial charge in [0.05, 0.1) is 53.3 Å². The highest BCUT2D eigenvalue weighted by Crippen LogP contribution is 2.46. The molecule has 70 heavy (non-hydrogen) atoms. The van der Waals surface area contributed by atoms with Gasteiger partial charge in [0.25, 0.3) is 0 Å². The Morgan fingerprint density at radius 2 is 1.59 bits per heavy atom. The predicted molar refractivity (Wildman–Crippen MR) is 256 cm³/mol. The average molecular weight is 985 g/mol. The molecule has 20 heteroatoms. The minimum absolute atomic E-state index is 0.103. The molecule has 0 spiro atoms. The van der Waals surface area contributed by atoms with Gasteiger partial charge in [0.15, 0.2) is 12.1 Å². The average Bonchev–Trinajstić information content (AvgIpc) is 4.06. The van der Waals surface area contributed by atoms with Gasteiger partial charge in [-0.05, 0) is 89.3 Å². The van der Waals surface area contributed by atoms with Gasteiger partial charge in [0.2, 0.25) is 0 Å². The number of H-pyrrole nitrogens is 1. The van der Waals surface area contributed by atoms with Gasteiger partial charge in [-0.2, -0.15) is 0 Å². The minimum atomic E-state index is -1.98. The van der Waals surface area contributed by atoms with Gasteiger partial charge in [-0.25, -0.2) is 5.10 Å². The molecule has 5 heterocycles. The highest BCUT2D eigenvalue weighted by Gasteiger charge is 2.56. The summed E-state index contributed by atoms with van der Waals surface area (Å²) in [6.07, 6.45) is -4.55. The number of ketones is 1. The van der Waals surface area contributed by atoms with Gasteiger partial charge in [-0.1, -0.05) is 64.1 Å². The van der Waals surface area contributed by atoms with Crippen LogP contribution in [0.25, 0.3) is 11.4 Å². The summed E-state index contributed by atoms with van der Waals surface area (Å²) in [5.41, 5.74) is -1.48. The number of esters is 1. The number of aromatic amines is 1. The molecule has 0 saturated carbocycles. The van der Waals surface area contributed by atoms with Crippen molar-refractivity contribution < 1.29 is 58.4 Å². The molecule has 2 aromatic heterocycles. The predicted octanol–water partition coefficient (Wildman–Crippen LogP) is 3.34. The SMILES string of the molecule is CC[C@H]1OC(=O)[C@H](C)C([C@H]2C[C@@](C)(OC)[C@@H](O)[C@H](C)O2)[C@H](C)[C@@H](O[C@@H]2O[C@H](C)C[C@H](N(C)CCc3cn(CCc4ccc(-c5nnn[nH]5)cc4)nn3)[C@H]2O)[C@](C)(OC)C[C@@H](C)C(=O)[C@H](C)[C@@H](O)[C@]1(C)O. The lowest BCUT2D eigenvalue weighted by atomic mass is 9.67. The molecule has 392 valence electrons. The van der Waals surface area contributed by atoms with E-state index in [1.165, 1.54) is 21.1 Å². The number of carbonyl (C=O) groups is 2. The zero-order valence-electron chi connectivity index (χ0n) is 43.4. The first kappa shape index (κ1) is 55.5. The van der Waals surface area contributed by atoms with Gasteiger partial charge in [-0.15, -0.1) is 10.2 Å². The number of rotatable bonds is 14. The Bertz CT molecular complexity index is 2150. The van der Waals surface area contributed by atoms with Crippen molar-refractivity contribution >= 4 is 11.8 Å². The highest BCUT2D eigenvalue weighted by atomic mass is 16.7. The highest BCUT2D eigenvalue weighted by molar-refractivity contribution is 5.83. The van der Waals surface area contributed by atoms with Crippen molar-refractivity contribution in [2.45, 2.75) is 192 Å². The number of Topliss-reactive ketones (excluding diaryl/α,β-unsaturated/α-hetero) is 1. The van der Waals surface area contributed by atoms with Gasteiger partial charge < -0.3 is 53.7 Å². The van der Waals surface area contributed by atoms with Crippen molar-refractivity contribution in [1.82, 2.24) is 40.5 Å². The number of nitrogens with zero attached hydrogens (tertiary/aromatic N) is 7. The number of methoxy groups -OCH3 is 2. The zero-order chi connectivity index (χ0) is 51.5. The second-order valence-electron chi connectivity index (χ2n) is 21.2. The number of aromatic nitrogens is 7. The molecule has 1 unspecified atom stereocenters. The summed E-state index contributed by atoms with van der Waals surface area (Å²) in [5.74, 6) is -4.41. The topological polar surface area (TPSA) is 259 Å². The van der Waals surface area contributed by atoms with Gasteiger partial charge in [0.1, 0.15) is 29.7 Å². The maximum Gasteiger partial charge on any atom is 0.309 e. The van der Waals surface area contributed by atoms with Crippen LogP contribution in [0.3, 0.4) is 0 Å². The van der Waals surface area contributed by atoms with Crippen molar-refractivity contribution in [3.05, 3.63) is 41.7 Å². The molecule has 0 amide bonds. The van der Waals surface area contributed by atoms with E-state index in [2.05, 4.69) is 35.8 Å². The number of hydrogen-bond donors (Lipinski definition) is 5. The number of aliphatic hydroxyl groups excluding tert-OH is 3. The van der Waals surface area contributed by atoms with E-state index in [-0.39, 0.29) is 31.1 Å². The molecular weight excluding hydrogens is 905 g/mol. The third-order valence-corrected chi connectivity index (χ3v) is 16.0. The number of nitrogens with one attached hydrogen (secondary N) is 1. The van der Waals surface area contributed by atoms with E-state index in [1.54, 1.807) is 34.6 Å². The summed E-state index contributed by atoms with van der Waals surface area (Å²) in [7, 11) is 5.01. The van der Waals surface area contributed by atoms with E-state index in [0.717, 1.165) is 23.2 Å². The Morgan fingerprint density at radius 1 is 0.900 bits per heavy atom. The van der Waals surface area contributed by atoms with E-state index in [1.807, 2.05) is 69.9 Å². The summed E-state index contributed by atoms with van der Waals surface area (Å²) < 4.78 is 40.5. The molecule has 3 aliphatic rings. The molecule has 3 fully saturated rings. The Hall–Kier alpha value is -3.83. The van der Waals surface area contributed by atoms with Crippen LogP contribution in [0.5, 0.6) is 0 Å². The van der Waals surface area contributed by atoms with Gasteiger partial charge >= 0.3 is 5.97 Å². The van der Waals surface area contributed by atoms with Crippen LogP contribution in [0.15, 0.2) is 30.5 Å². The first-order valence-electron chi connectivity index (χ1n) is 25.0. The molecule has 3 aromatic rings. The smallest absolute Gasteiger partial charge is 0.309 e. The fourth-order valence-electron chi connectivity index (χ4n) is 11.4. The summed E-state index contributed by atoms with van der Waals surface area (Å²) in [6, 6.07) is 7.61. The number of carbonyl (C=O) groups excluding carboxylic acids is 2. The van der Waals surface area contributed by atoms with E-state index in [9.17, 15) is 30.0 Å². The van der Waals surface area contributed by atoms with Crippen LogP contribution in [0.1, 0.15) is 106 Å². The minimum Gasteiger partial charge on any atom is -0.459 e. The number of likely N-dealkylation sites (N-methyl/N-ethyl adjacent to an activating group) is 1. The maximum absolute atomic E-state index is 14.6. The number of cyclic esters (lactones) is 1. The van der Waals surface area contributed by atoms with E-state index in [4.69, 9.17) is 28.4 Å². The number of hydrogen-bond acceptors (Lipinski definition) is 18. The van der Waals surface area contributed by atoms with Crippen LogP contribution < -0.4 is 0 Å². The molecule has 0 radical (unpaired) electrons. The largest absolute Gasteiger partial charge is 0.459 e. The first-order valence-corrected chi connectivity index (χ1v) is 25.0. The van der Waals surface area contributed by atoms with Crippen LogP contribution in [-0.4, -0.2) is 178 Å². The molecule has 20 nitrogen and oxygen atoms in total. The van der Waals surface area contributed by atoms with E-state index < -0.39 is 107 Å². The van der Waals surface area contributed by atoms with Crippen LogP contribution in [0.4, 0.5) is 0 Å². The van der Waals surface area contributed by atoms with Crippen LogP contribution in [0, 0.1) is 29.6 Å². The van der Waals surface area contributed by atoms with Crippen LogP contribution in [-0.2, 0) is 57.4 Å². The third kappa shape index (κ3) is 12.0. The Kier molecular flexibility index (Phi) is 18.2. The second-order valence-corrected chi connectivity index (χ2v) is 21.2. The van der Waals surface area contributed by atoms with Gasteiger partial charge in [-0.3, -0.25) is 14.3 Å². The molecule has 0 aliphatic carbocycles. The lowest BCUT2D eigenvalue weighted by Gasteiger charge is -2.52. The zero-order valence-corrected chi connectivity index (χ0v) is 43.4. The summed E-state index contributed by atoms with van der Waals surface area (Å²) >= 11 is 0. The normalized spacial score (nSPS) is 39.4. The van der Waals surface area contributed by atoms with Crippen molar-refractivity contribution in [3.8, 4) is 11.4 Å². The number of ether oxygens (including phenoxy) is 6. The Labute approximate surface area is 412 Å². The van der Waals surface area contributed by atoms with Crippen molar-refractivity contribution in [2.24, 2.45) is 29.6 Å². The molecular formula is C50H80N8O12. The fourth-order valence-corrected chi connectivity index (χ4v) is 11.4. The van der Waals surface area contributed by atoms with Crippen LogP contribution in [0.2, 0.25) is 0 Å². The number of benzene rings is 1. The molecule has 18 atom stereocenters.